The van der Waals surface area contributed by atoms with Gasteiger partial charge < -0.3 is 5.48 Å². The first-order chi connectivity index (χ1) is 0. The predicted octanol–water partition coefficient (Wildman–Crippen LogP) is -0.832. The van der Waals surface area contributed by atoms with Crippen molar-refractivity contribution in [1.82, 2.24) is 0 Å². The molecule has 4 heteroatoms. The van der Waals surface area contributed by atoms with Crippen LogP contribution in [0.5, 0.6) is 0 Å². The molecule has 35 valence electrons. The zero-order valence-corrected chi connectivity index (χ0v) is 5.37. The molecule has 0 amide bonds. The van der Waals surface area contributed by atoms with Crippen molar-refractivity contribution in [3.63, 3.8) is 0 Å². The molecule has 0 saturated carbocycles. The zero-order valence-electron chi connectivity index (χ0n) is 1.55. The monoisotopic (exact) mass is 239 g/mol. The quantitative estimate of drug-likeness (QED) is 0.495. The predicted molar refractivity (Wildman–Crippen MR) is 3.61 cm³/mol. The molecule has 0 unspecified atom stereocenters. The minimum absolute atomic E-state index is 0. The molecule has 0 aromatic carbocycles. The van der Waals surface area contributed by atoms with Gasteiger partial charge in [-0.25, -0.2) is 0 Å². The fraction of sp³-hybridized carbons (Fsp3) is 0. The Kier molecular flexibility index (Phi) is 220. The summed E-state index contributed by atoms with van der Waals surface area (Å²) in [5.74, 6) is 0. The van der Waals surface area contributed by atoms with E-state index in [1.54, 1.807) is 0 Å². The van der Waals surface area contributed by atoms with E-state index in [-0.39, 0.29) is 63.5 Å². The Bertz CT molecular complexity index is 8.00. The third-order valence-electron chi connectivity index (χ3n) is 0. The summed E-state index contributed by atoms with van der Waals surface area (Å²) in [4.78, 5) is 0. The number of hydrogen-bond donors (Lipinski definition) is 0. The maximum Gasteiger partial charge on any atom is 0 e. The van der Waals surface area contributed by atoms with E-state index in [1.807, 2.05) is 0 Å². The molecule has 1 nitrogen and oxygen atoms in total. The summed E-state index contributed by atoms with van der Waals surface area (Å²) in [5, 5.41) is 0. The molecule has 0 aliphatic rings. The van der Waals surface area contributed by atoms with Gasteiger partial charge >= 0.3 is 0 Å². The second-order valence-electron chi connectivity index (χ2n) is 0. The van der Waals surface area contributed by atoms with Gasteiger partial charge in [0.2, 0.25) is 0 Å². The summed E-state index contributed by atoms with van der Waals surface area (Å²) in [7, 11) is 0. The minimum atomic E-state index is 0. The summed E-state index contributed by atoms with van der Waals surface area (Å²) < 4.78 is 0. The van der Waals surface area contributed by atoms with E-state index in [4.69, 9.17) is 0 Å². The maximum atomic E-state index is 0. The summed E-state index contributed by atoms with van der Waals surface area (Å²) in [6, 6.07) is 0. The van der Waals surface area contributed by atoms with E-state index >= 15 is 0 Å². The van der Waals surface area contributed by atoms with Gasteiger partial charge in [-0.15, -0.1) is 0 Å². The molecule has 0 rings (SSSR count). The van der Waals surface area contributed by atoms with Crippen molar-refractivity contribution in [3.05, 3.63) is 0 Å². The summed E-state index contributed by atoms with van der Waals surface area (Å²) in [6.07, 6.45) is 0. The Hall–Kier alpha value is 1.80. The van der Waals surface area contributed by atoms with Gasteiger partial charge in [0, 0.05) is 58.0 Å². The third-order valence-corrected chi connectivity index (χ3v) is 0. The molecule has 2 N–H and O–H groups in total. The van der Waals surface area contributed by atoms with Gasteiger partial charge in [-0.05, 0) is 0 Å². The van der Waals surface area contributed by atoms with E-state index in [0.29, 0.717) is 0 Å². The van der Waals surface area contributed by atoms with Gasteiger partial charge in [-0.3, -0.25) is 0 Å². The summed E-state index contributed by atoms with van der Waals surface area (Å²) >= 11 is 0. The van der Waals surface area contributed by atoms with Crippen LogP contribution in [0.4, 0.5) is 0 Å². The van der Waals surface area contributed by atoms with Crippen molar-refractivity contribution in [3.8, 4) is 0 Å². The first kappa shape index (κ1) is 41.2. The molecule has 0 fully saturated rings. The molecule has 0 saturated heterocycles. The molecule has 0 spiro atoms. The topological polar surface area (TPSA) is 31.5 Å². The zero-order chi connectivity index (χ0) is 0. The summed E-state index contributed by atoms with van der Waals surface area (Å²) in [6.45, 7) is 0. The maximum absolute atomic E-state index is 0. The normalized spacial score (nSPS) is 0. The van der Waals surface area contributed by atoms with Gasteiger partial charge in [-0.2, -0.15) is 0 Å². The summed E-state index contributed by atoms with van der Waals surface area (Å²) in [5.41, 5.74) is 0. The largest absolute Gasteiger partial charge is 0.412 e. The molecule has 0 aromatic heterocycles. The number of rotatable bonds is 0. The van der Waals surface area contributed by atoms with Gasteiger partial charge in [0.05, 0.1) is 0 Å². The van der Waals surface area contributed by atoms with Crippen LogP contribution < -0.4 is 0 Å². The van der Waals surface area contributed by atoms with Crippen LogP contribution in [0.3, 0.4) is 0 Å². The molecule has 0 bridgehead atoms. The van der Waals surface area contributed by atoms with Crippen LogP contribution in [-0.2, 0) is 58.0 Å². The van der Waals surface area contributed by atoms with Crippen LogP contribution >= 0.6 is 0 Å². The third kappa shape index (κ3) is 9.19. The molecular weight excluding hydrogens is 238 g/mol. The second-order valence-corrected chi connectivity index (χ2v) is 0. The number of hydrogen-bond acceptors (Lipinski definition) is 0. The molecule has 0 heterocycles. The van der Waals surface area contributed by atoms with Crippen molar-refractivity contribution < 1.29 is 63.5 Å². The second kappa shape index (κ2) is 21.4. The van der Waals surface area contributed by atoms with Crippen LogP contribution in [0.2, 0.25) is 0 Å². The average molecular weight is 240 g/mol. The van der Waals surface area contributed by atoms with E-state index in [0.717, 1.165) is 0 Å². The Labute approximate surface area is 63.1 Å². The van der Waals surface area contributed by atoms with Crippen molar-refractivity contribution in [2.75, 3.05) is 0 Å². The van der Waals surface area contributed by atoms with Crippen LogP contribution in [-0.4, -0.2) is 5.48 Å². The van der Waals surface area contributed by atoms with Crippen molar-refractivity contribution >= 4 is 0 Å². The van der Waals surface area contributed by atoms with Crippen LogP contribution in [0.25, 0.3) is 0 Å². The van der Waals surface area contributed by atoms with E-state index in [9.17, 15) is 0 Å². The molecule has 3 radical (unpaired) electrons. The Morgan fingerprint density at radius 1 is 1.00 bits per heavy atom. The van der Waals surface area contributed by atoms with Crippen molar-refractivity contribution in [1.29, 1.82) is 0 Å². The molecule has 0 aliphatic carbocycles. The van der Waals surface area contributed by atoms with Crippen LogP contribution in [0.15, 0.2) is 0 Å². The van der Waals surface area contributed by atoms with Gasteiger partial charge in [0.25, 0.3) is 0 Å². The van der Waals surface area contributed by atoms with E-state index in [2.05, 4.69) is 0 Å². The molecule has 4 heavy (non-hydrogen) atoms. The standard InChI is InChI=1S/Ag.Cu.H2O.V/h;;1H2;. The Balaban J connectivity index is 0. The minimum Gasteiger partial charge on any atom is -0.412 e. The van der Waals surface area contributed by atoms with Gasteiger partial charge in [-0.1, -0.05) is 0 Å². The van der Waals surface area contributed by atoms with Crippen LogP contribution in [0, 0.1) is 0 Å². The molecule has 0 atom stereocenters. The fourth-order valence-electron chi connectivity index (χ4n) is 0. The van der Waals surface area contributed by atoms with Gasteiger partial charge in [0.15, 0.2) is 0 Å². The van der Waals surface area contributed by atoms with Gasteiger partial charge in [0.1, 0.15) is 0 Å². The SMILES string of the molecule is O.[Ag].[Cu].[V]. The van der Waals surface area contributed by atoms with E-state index in [1.165, 1.54) is 0 Å². The van der Waals surface area contributed by atoms with Crippen molar-refractivity contribution in [2.24, 2.45) is 0 Å². The molecule has 0 aliphatic heterocycles. The smallest absolute Gasteiger partial charge is 0 e. The van der Waals surface area contributed by atoms with Crippen LogP contribution in [0.1, 0.15) is 0 Å². The average Bonchev–Trinajstić information content (AvgIpc) is 0. The fourth-order valence-corrected chi connectivity index (χ4v) is 0. The Morgan fingerprint density at radius 2 is 1.00 bits per heavy atom. The molecule has 0 aromatic rings. The Morgan fingerprint density at radius 3 is 1.00 bits per heavy atom. The molecular formula is H2AgCuOV. The van der Waals surface area contributed by atoms with E-state index < -0.39 is 0 Å². The van der Waals surface area contributed by atoms with Crippen molar-refractivity contribution in [2.45, 2.75) is 0 Å². The first-order valence-corrected chi connectivity index (χ1v) is 0. The first-order valence-electron chi connectivity index (χ1n) is 0.